The number of rotatable bonds is 9. The molecule has 1 unspecified atom stereocenters. The second-order valence-electron chi connectivity index (χ2n) is 5.72. The summed E-state index contributed by atoms with van der Waals surface area (Å²) in [6, 6.07) is 20.0. The number of aliphatic hydroxyl groups is 1. The van der Waals surface area contributed by atoms with E-state index >= 15 is 0 Å². The van der Waals surface area contributed by atoms with Crippen molar-refractivity contribution < 1.29 is 9.84 Å². The number of aliphatic hydroxyl groups excluding tert-OH is 1. The van der Waals surface area contributed by atoms with Crippen molar-refractivity contribution in [3.63, 3.8) is 0 Å². The van der Waals surface area contributed by atoms with Gasteiger partial charge in [0.2, 0.25) is 0 Å². The number of aliphatic imine (C=N–C) groups is 1. The van der Waals surface area contributed by atoms with Gasteiger partial charge in [-0.05, 0) is 18.1 Å². The van der Waals surface area contributed by atoms with Crippen LogP contribution >= 0.6 is 0 Å². The van der Waals surface area contributed by atoms with E-state index in [0.717, 1.165) is 17.7 Å². The van der Waals surface area contributed by atoms with Gasteiger partial charge < -0.3 is 20.5 Å². The van der Waals surface area contributed by atoms with Gasteiger partial charge in [0, 0.05) is 13.1 Å². The molecular weight excluding hydrogens is 314 g/mol. The van der Waals surface area contributed by atoms with Crippen LogP contribution in [0.15, 0.2) is 65.7 Å². The first-order valence-corrected chi connectivity index (χ1v) is 8.63. The van der Waals surface area contributed by atoms with Crippen molar-refractivity contribution in [3.05, 3.63) is 71.8 Å². The van der Waals surface area contributed by atoms with Crippen molar-refractivity contribution in [2.75, 3.05) is 19.7 Å². The van der Waals surface area contributed by atoms with Crippen LogP contribution in [0.5, 0.6) is 0 Å². The molecule has 0 spiro atoms. The topological polar surface area (TPSA) is 65.9 Å². The fraction of sp³-hybridized carbons (Fsp3) is 0.350. The summed E-state index contributed by atoms with van der Waals surface area (Å²) in [5.74, 6) is 0.688. The second-order valence-corrected chi connectivity index (χ2v) is 5.72. The molecule has 2 aromatic carbocycles. The Morgan fingerprint density at radius 2 is 1.64 bits per heavy atom. The molecule has 0 heterocycles. The van der Waals surface area contributed by atoms with E-state index in [0.29, 0.717) is 25.7 Å². The van der Waals surface area contributed by atoms with Gasteiger partial charge in [-0.1, -0.05) is 60.7 Å². The molecule has 1 atom stereocenters. The molecule has 0 saturated heterocycles. The SMILES string of the molecule is CCNC(=NCc1ccccc1)NCC(O)COCc1ccccc1. The monoisotopic (exact) mass is 341 g/mol. The Balaban J connectivity index is 1.71. The highest BCUT2D eigenvalue weighted by Gasteiger charge is 2.06. The summed E-state index contributed by atoms with van der Waals surface area (Å²) in [5, 5.41) is 16.4. The number of benzene rings is 2. The molecule has 0 amide bonds. The van der Waals surface area contributed by atoms with E-state index in [2.05, 4.69) is 15.6 Å². The average molecular weight is 341 g/mol. The fourth-order valence-electron chi connectivity index (χ4n) is 2.26. The molecule has 2 aromatic rings. The minimum absolute atomic E-state index is 0.278. The Morgan fingerprint density at radius 3 is 2.28 bits per heavy atom. The molecule has 25 heavy (non-hydrogen) atoms. The zero-order chi connectivity index (χ0) is 17.7. The van der Waals surface area contributed by atoms with Crippen LogP contribution in [0.4, 0.5) is 0 Å². The number of guanidine groups is 1. The maximum absolute atomic E-state index is 10.1. The number of nitrogens with one attached hydrogen (secondary N) is 2. The van der Waals surface area contributed by atoms with E-state index in [1.807, 2.05) is 67.6 Å². The van der Waals surface area contributed by atoms with Crippen LogP contribution in [-0.4, -0.2) is 36.9 Å². The number of ether oxygens (including phenoxy) is 1. The standard InChI is InChI=1S/C20H27N3O2/c1-2-21-20(22-13-17-9-5-3-6-10-17)23-14-19(24)16-25-15-18-11-7-4-8-12-18/h3-12,19,24H,2,13-16H2,1H3,(H2,21,22,23). The van der Waals surface area contributed by atoms with Crippen molar-refractivity contribution in [3.8, 4) is 0 Å². The predicted molar refractivity (Wildman–Crippen MR) is 101 cm³/mol. The smallest absolute Gasteiger partial charge is 0.191 e. The van der Waals surface area contributed by atoms with Crippen LogP contribution in [0, 0.1) is 0 Å². The summed E-state index contributed by atoms with van der Waals surface area (Å²) in [7, 11) is 0. The highest BCUT2D eigenvalue weighted by atomic mass is 16.5. The molecule has 0 fully saturated rings. The molecule has 0 saturated carbocycles. The minimum Gasteiger partial charge on any atom is -0.389 e. The van der Waals surface area contributed by atoms with Crippen LogP contribution in [0.2, 0.25) is 0 Å². The van der Waals surface area contributed by atoms with Gasteiger partial charge in [0.15, 0.2) is 5.96 Å². The molecule has 0 radical (unpaired) electrons. The van der Waals surface area contributed by atoms with Crippen molar-refractivity contribution in [1.82, 2.24) is 10.6 Å². The molecule has 5 heteroatoms. The Labute approximate surface area is 149 Å². The van der Waals surface area contributed by atoms with Gasteiger partial charge in [-0.3, -0.25) is 0 Å². The molecule has 0 aromatic heterocycles. The quantitative estimate of drug-likeness (QED) is 0.484. The predicted octanol–water partition coefficient (Wildman–Crippen LogP) is 2.32. The van der Waals surface area contributed by atoms with E-state index in [1.54, 1.807) is 0 Å². The minimum atomic E-state index is -0.593. The van der Waals surface area contributed by atoms with E-state index in [4.69, 9.17) is 4.74 Å². The highest BCUT2D eigenvalue weighted by molar-refractivity contribution is 5.79. The molecule has 5 nitrogen and oxygen atoms in total. The molecule has 3 N–H and O–H groups in total. The summed E-state index contributed by atoms with van der Waals surface area (Å²) in [6.07, 6.45) is -0.593. The molecule has 0 aliphatic carbocycles. The van der Waals surface area contributed by atoms with Gasteiger partial charge in [-0.15, -0.1) is 0 Å². The molecule has 134 valence electrons. The summed E-state index contributed by atoms with van der Waals surface area (Å²) in [6.45, 7) is 4.53. The molecule has 0 aliphatic heterocycles. The van der Waals surface area contributed by atoms with Crippen LogP contribution in [0.1, 0.15) is 18.1 Å². The lowest BCUT2D eigenvalue weighted by Crippen LogP contribution is -2.42. The first-order valence-electron chi connectivity index (χ1n) is 8.63. The number of hydrogen-bond donors (Lipinski definition) is 3. The van der Waals surface area contributed by atoms with Gasteiger partial charge in [-0.2, -0.15) is 0 Å². The van der Waals surface area contributed by atoms with Crippen LogP contribution in [0.25, 0.3) is 0 Å². The lowest BCUT2D eigenvalue weighted by atomic mass is 10.2. The van der Waals surface area contributed by atoms with Crippen molar-refractivity contribution in [1.29, 1.82) is 0 Å². The fourth-order valence-corrected chi connectivity index (χ4v) is 2.26. The molecular formula is C20H27N3O2. The van der Waals surface area contributed by atoms with Gasteiger partial charge in [0.05, 0.1) is 25.9 Å². The normalized spacial score (nSPS) is 12.6. The third-order valence-corrected chi connectivity index (χ3v) is 3.53. The second kappa shape index (κ2) is 11.2. The number of hydrogen-bond acceptors (Lipinski definition) is 3. The largest absolute Gasteiger partial charge is 0.389 e. The van der Waals surface area contributed by atoms with Crippen molar-refractivity contribution in [2.24, 2.45) is 4.99 Å². The zero-order valence-electron chi connectivity index (χ0n) is 14.7. The van der Waals surface area contributed by atoms with Crippen molar-refractivity contribution >= 4 is 5.96 Å². The van der Waals surface area contributed by atoms with Gasteiger partial charge >= 0.3 is 0 Å². The first-order chi connectivity index (χ1) is 12.3. The molecule has 2 rings (SSSR count). The summed E-state index contributed by atoms with van der Waals surface area (Å²) >= 11 is 0. The lowest BCUT2D eigenvalue weighted by Gasteiger charge is -2.15. The zero-order valence-corrected chi connectivity index (χ0v) is 14.7. The lowest BCUT2D eigenvalue weighted by molar-refractivity contribution is 0.0308. The maximum atomic E-state index is 10.1. The van der Waals surface area contributed by atoms with Crippen molar-refractivity contribution in [2.45, 2.75) is 26.2 Å². The summed E-state index contributed by atoms with van der Waals surface area (Å²) in [5.41, 5.74) is 2.24. The average Bonchev–Trinajstić information content (AvgIpc) is 2.66. The first kappa shape index (κ1) is 19.0. The third kappa shape index (κ3) is 7.83. The van der Waals surface area contributed by atoms with Crippen LogP contribution in [-0.2, 0) is 17.9 Å². The van der Waals surface area contributed by atoms with Gasteiger partial charge in [-0.25, -0.2) is 4.99 Å². The Morgan fingerprint density at radius 1 is 1.00 bits per heavy atom. The van der Waals surface area contributed by atoms with Gasteiger partial charge in [0.1, 0.15) is 0 Å². The van der Waals surface area contributed by atoms with E-state index in [1.165, 1.54) is 0 Å². The summed E-state index contributed by atoms with van der Waals surface area (Å²) in [4.78, 5) is 4.53. The molecule has 0 bridgehead atoms. The molecule has 0 aliphatic rings. The Bertz CT molecular complexity index is 617. The van der Waals surface area contributed by atoms with E-state index in [9.17, 15) is 5.11 Å². The third-order valence-electron chi connectivity index (χ3n) is 3.53. The summed E-state index contributed by atoms with van der Waals surface area (Å²) < 4.78 is 5.55. The van der Waals surface area contributed by atoms with E-state index < -0.39 is 6.10 Å². The van der Waals surface area contributed by atoms with E-state index in [-0.39, 0.29) is 6.61 Å². The Hall–Kier alpha value is -2.37. The van der Waals surface area contributed by atoms with Crippen LogP contribution in [0.3, 0.4) is 0 Å². The highest BCUT2D eigenvalue weighted by Crippen LogP contribution is 2.01. The Kier molecular flexibility index (Phi) is 8.52. The maximum Gasteiger partial charge on any atom is 0.191 e. The number of nitrogens with zero attached hydrogens (tertiary/aromatic N) is 1. The van der Waals surface area contributed by atoms with Crippen LogP contribution < -0.4 is 10.6 Å². The van der Waals surface area contributed by atoms with Gasteiger partial charge in [0.25, 0.3) is 0 Å².